The van der Waals surface area contributed by atoms with Crippen molar-refractivity contribution < 1.29 is 0 Å². The monoisotopic (exact) mass is 137 g/mol. The van der Waals surface area contributed by atoms with Crippen LogP contribution in [-0.4, -0.2) is 19.1 Å². The Bertz CT molecular complexity index is 185. The first kappa shape index (κ1) is 7.02. The molecule has 3 heteroatoms. The topological polar surface area (TPSA) is 28.2 Å². The normalized spacial score (nSPS) is 9.40. The molecule has 0 unspecified atom stereocenters. The minimum absolute atomic E-state index is 1.11. The van der Waals surface area contributed by atoms with Crippen LogP contribution in [0.1, 0.15) is 0 Å². The van der Waals surface area contributed by atoms with E-state index in [1.807, 2.05) is 31.2 Å². The third-order valence-corrected chi connectivity index (χ3v) is 1.39. The summed E-state index contributed by atoms with van der Waals surface area (Å²) in [6, 6.07) is 3.88. The summed E-state index contributed by atoms with van der Waals surface area (Å²) < 4.78 is 0. The fourth-order valence-electron chi connectivity index (χ4n) is 0.697. The van der Waals surface area contributed by atoms with Crippen LogP contribution >= 0.6 is 0 Å². The number of hydrogen-bond donors (Lipinski definition) is 1. The number of nitrogens with one attached hydrogen (secondary N) is 1. The van der Waals surface area contributed by atoms with Crippen molar-refractivity contribution in [2.24, 2.45) is 0 Å². The zero-order valence-corrected chi connectivity index (χ0v) is 6.20. The molecule has 3 nitrogen and oxygen atoms in total. The van der Waals surface area contributed by atoms with E-state index in [2.05, 4.69) is 10.4 Å². The maximum absolute atomic E-state index is 3.91. The summed E-state index contributed by atoms with van der Waals surface area (Å²) >= 11 is 0. The molecule has 0 aliphatic heterocycles. The molecule has 1 aromatic heterocycles. The molecule has 0 aliphatic carbocycles. The molecule has 0 amide bonds. The predicted molar refractivity (Wildman–Crippen MR) is 41.7 cm³/mol. The number of nitrogens with zero attached hydrogens (tertiary/aromatic N) is 2. The van der Waals surface area contributed by atoms with Crippen LogP contribution in [0.3, 0.4) is 0 Å². The van der Waals surface area contributed by atoms with E-state index in [0.717, 1.165) is 5.69 Å². The number of anilines is 1. The molecule has 54 valence electrons. The van der Waals surface area contributed by atoms with Crippen LogP contribution in [0.5, 0.6) is 0 Å². The second kappa shape index (κ2) is 3.17. The van der Waals surface area contributed by atoms with Gasteiger partial charge >= 0.3 is 0 Å². The number of pyridine rings is 1. The summed E-state index contributed by atoms with van der Waals surface area (Å²) in [5.41, 5.74) is 4.10. The van der Waals surface area contributed by atoms with Crippen molar-refractivity contribution in [3.63, 3.8) is 0 Å². The van der Waals surface area contributed by atoms with E-state index in [4.69, 9.17) is 0 Å². The lowest BCUT2D eigenvalue weighted by molar-refractivity contribution is 0.790. The summed E-state index contributed by atoms with van der Waals surface area (Å²) in [6.07, 6.45) is 3.53. The fourth-order valence-corrected chi connectivity index (χ4v) is 0.697. The van der Waals surface area contributed by atoms with Crippen LogP contribution in [0.4, 0.5) is 5.69 Å². The summed E-state index contributed by atoms with van der Waals surface area (Å²) in [7, 11) is 3.83. The molecule has 0 saturated carbocycles. The van der Waals surface area contributed by atoms with Gasteiger partial charge in [0.15, 0.2) is 0 Å². The Labute approximate surface area is 60.7 Å². The van der Waals surface area contributed by atoms with Crippen LogP contribution in [0.2, 0.25) is 0 Å². The first-order chi connectivity index (χ1) is 4.84. The Hall–Kier alpha value is -1.09. The van der Waals surface area contributed by atoms with Crippen molar-refractivity contribution >= 4 is 5.69 Å². The SMILES string of the molecule is CNN(C)c1ccncc1. The fraction of sp³-hybridized carbons (Fsp3) is 0.286. The average molecular weight is 137 g/mol. The van der Waals surface area contributed by atoms with Gasteiger partial charge in [-0.3, -0.25) is 4.98 Å². The van der Waals surface area contributed by atoms with Gasteiger partial charge in [-0.25, -0.2) is 5.43 Å². The maximum Gasteiger partial charge on any atom is 0.0546 e. The second-order valence-electron chi connectivity index (χ2n) is 1.99. The Morgan fingerprint density at radius 1 is 1.40 bits per heavy atom. The van der Waals surface area contributed by atoms with Gasteiger partial charge in [0, 0.05) is 26.5 Å². The van der Waals surface area contributed by atoms with Crippen molar-refractivity contribution in [2.45, 2.75) is 0 Å². The molecule has 10 heavy (non-hydrogen) atoms. The van der Waals surface area contributed by atoms with Gasteiger partial charge in [-0.05, 0) is 12.1 Å². The van der Waals surface area contributed by atoms with Crippen LogP contribution in [0.15, 0.2) is 24.5 Å². The molecule has 1 rings (SSSR count). The highest BCUT2D eigenvalue weighted by Gasteiger charge is 1.92. The molecule has 0 aliphatic rings. The highest BCUT2D eigenvalue weighted by Crippen LogP contribution is 2.05. The Balaban J connectivity index is 2.75. The van der Waals surface area contributed by atoms with Crippen molar-refractivity contribution in [2.75, 3.05) is 19.1 Å². The quantitative estimate of drug-likeness (QED) is 0.607. The minimum atomic E-state index is 1.11. The van der Waals surface area contributed by atoms with E-state index >= 15 is 0 Å². The zero-order valence-electron chi connectivity index (χ0n) is 6.20. The van der Waals surface area contributed by atoms with Crippen molar-refractivity contribution in [3.05, 3.63) is 24.5 Å². The highest BCUT2D eigenvalue weighted by molar-refractivity contribution is 5.41. The standard InChI is InChI=1S/C7H11N3/c1-8-10(2)7-3-5-9-6-4-7/h3-6,8H,1-2H3. The summed E-state index contributed by atoms with van der Waals surface area (Å²) in [4.78, 5) is 3.91. The summed E-state index contributed by atoms with van der Waals surface area (Å²) in [6.45, 7) is 0. The third kappa shape index (κ3) is 1.45. The van der Waals surface area contributed by atoms with E-state index in [9.17, 15) is 0 Å². The summed E-state index contributed by atoms with van der Waals surface area (Å²) in [5.74, 6) is 0. The lowest BCUT2D eigenvalue weighted by atomic mass is 10.4. The van der Waals surface area contributed by atoms with Gasteiger partial charge in [-0.15, -0.1) is 0 Å². The molecule has 0 fully saturated rings. The number of rotatable bonds is 2. The largest absolute Gasteiger partial charge is 0.312 e. The van der Waals surface area contributed by atoms with E-state index in [1.54, 1.807) is 12.4 Å². The molecule has 1 N–H and O–H groups in total. The van der Waals surface area contributed by atoms with Gasteiger partial charge in [0.25, 0.3) is 0 Å². The van der Waals surface area contributed by atoms with Gasteiger partial charge in [0.05, 0.1) is 5.69 Å². The number of hydrogen-bond acceptors (Lipinski definition) is 3. The molecule has 0 saturated heterocycles. The second-order valence-corrected chi connectivity index (χ2v) is 1.99. The maximum atomic E-state index is 3.91. The van der Waals surface area contributed by atoms with Gasteiger partial charge in [-0.1, -0.05) is 0 Å². The van der Waals surface area contributed by atoms with Crippen LogP contribution in [-0.2, 0) is 0 Å². The lowest BCUT2D eigenvalue weighted by Gasteiger charge is -2.16. The number of hydrazine groups is 1. The Morgan fingerprint density at radius 3 is 2.50 bits per heavy atom. The first-order valence-electron chi connectivity index (χ1n) is 3.15. The highest BCUT2D eigenvalue weighted by atomic mass is 15.5. The molecule has 0 spiro atoms. The molecule has 0 bridgehead atoms. The minimum Gasteiger partial charge on any atom is -0.312 e. The van der Waals surface area contributed by atoms with Gasteiger partial charge < -0.3 is 5.01 Å². The van der Waals surface area contributed by atoms with Crippen molar-refractivity contribution in [1.29, 1.82) is 0 Å². The van der Waals surface area contributed by atoms with Crippen molar-refractivity contribution in [3.8, 4) is 0 Å². The smallest absolute Gasteiger partial charge is 0.0546 e. The van der Waals surface area contributed by atoms with Crippen molar-refractivity contribution in [1.82, 2.24) is 10.4 Å². The van der Waals surface area contributed by atoms with Crippen LogP contribution in [0, 0.1) is 0 Å². The molecular weight excluding hydrogens is 126 g/mol. The van der Waals surface area contributed by atoms with Gasteiger partial charge in [0.1, 0.15) is 0 Å². The van der Waals surface area contributed by atoms with Gasteiger partial charge in [-0.2, -0.15) is 0 Å². The average Bonchev–Trinajstić information content (AvgIpc) is 2.05. The third-order valence-electron chi connectivity index (χ3n) is 1.39. The summed E-state index contributed by atoms with van der Waals surface area (Å²) in [5, 5.41) is 1.92. The van der Waals surface area contributed by atoms with E-state index in [0.29, 0.717) is 0 Å². The van der Waals surface area contributed by atoms with Crippen LogP contribution < -0.4 is 10.4 Å². The van der Waals surface area contributed by atoms with E-state index in [-0.39, 0.29) is 0 Å². The molecule has 1 heterocycles. The predicted octanol–water partition coefficient (Wildman–Crippen LogP) is 0.652. The van der Waals surface area contributed by atoms with Crippen LogP contribution in [0.25, 0.3) is 0 Å². The molecular formula is C7H11N3. The molecule has 1 aromatic rings. The number of aromatic nitrogens is 1. The zero-order chi connectivity index (χ0) is 7.40. The Kier molecular flexibility index (Phi) is 2.23. The van der Waals surface area contributed by atoms with E-state index in [1.165, 1.54) is 0 Å². The lowest BCUT2D eigenvalue weighted by Crippen LogP contribution is -2.30. The van der Waals surface area contributed by atoms with E-state index < -0.39 is 0 Å². The molecule has 0 aromatic carbocycles. The molecule has 0 radical (unpaired) electrons. The molecule has 0 atom stereocenters. The first-order valence-corrected chi connectivity index (χ1v) is 3.15. The van der Waals surface area contributed by atoms with Gasteiger partial charge in [0.2, 0.25) is 0 Å². The Morgan fingerprint density at radius 2 is 2.00 bits per heavy atom.